The van der Waals surface area contributed by atoms with Crippen LogP contribution in [-0.2, 0) is 0 Å². The minimum atomic E-state index is -0.480. The van der Waals surface area contributed by atoms with E-state index in [0.717, 1.165) is 11.3 Å². The standard InChI is InChI=1S/C16H25NO2/c1-16(2)9-5-8-15(16)17-11-14(18)12-6-4-7-13(10-12)19-3/h4,6-7,10,14-15,17-18H,5,8-9,11H2,1-3H3. The zero-order valence-electron chi connectivity index (χ0n) is 12.1. The molecule has 0 radical (unpaired) electrons. The van der Waals surface area contributed by atoms with Crippen LogP contribution in [0.4, 0.5) is 0 Å². The topological polar surface area (TPSA) is 41.5 Å². The summed E-state index contributed by atoms with van der Waals surface area (Å²) in [7, 11) is 1.64. The average Bonchev–Trinajstić information content (AvgIpc) is 2.75. The van der Waals surface area contributed by atoms with Crippen LogP contribution in [0.1, 0.15) is 44.8 Å². The monoisotopic (exact) mass is 263 g/mol. The highest BCUT2D eigenvalue weighted by atomic mass is 16.5. The number of aliphatic hydroxyl groups is 1. The van der Waals surface area contributed by atoms with E-state index in [4.69, 9.17) is 4.74 Å². The van der Waals surface area contributed by atoms with Gasteiger partial charge in [0.25, 0.3) is 0 Å². The maximum atomic E-state index is 10.3. The Morgan fingerprint density at radius 1 is 1.47 bits per heavy atom. The predicted molar refractivity (Wildman–Crippen MR) is 77.4 cm³/mol. The van der Waals surface area contributed by atoms with Crippen molar-refractivity contribution in [3.05, 3.63) is 29.8 Å². The van der Waals surface area contributed by atoms with Gasteiger partial charge in [-0.15, -0.1) is 0 Å². The van der Waals surface area contributed by atoms with Gasteiger partial charge in [0.2, 0.25) is 0 Å². The lowest BCUT2D eigenvalue weighted by Crippen LogP contribution is -2.39. The molecule has 2 unspecified atom stereocenters. The Labute approximate surface area is 116 Å². The number of ether oxygens (including phenoxy) is 1. The van der Waals surface area contributed by atoms with Crippen molar-refractivity contribution in [3.63, 3.8) is 0 Å². The second-order valence-corrected chi connectivity index (χ2v) is 6.13. The first kappa shape index (κ1) is 14.4. The third-order valence-corrected chi connectivity index (χ3v) is 4.29. The lowest BCUT2D eigenvalue weighted by atomic mass is 9.87. The second kappa shape index (κ2) is 5.93. The van der Waals surface area contributed by atoms with Gasteiger partial charge < -0.3 is 15.2 Å². The molecule has 1 saturated carbocycles. The van der Waals surface area contributed by atoms with E-state index in [9.17, 15) is 5.11 Å². The van der Waals surface area contributed by atoms with Crippen LogP contribution >= 0.6 is 0 Å². The third kappa shape index (κ3) is 3.48. The lowest BCUT2D eigenvalue weighted by molar-refractivity contribution is 0.157. The van der Waals surface area contributed by atoms with Crippen LogP contribution < -0.4 is 10.1 Å². The first-order valence-corrected chi connectivity index (χ1v) is 7.08. The molecule has 1 aliphatic carbocycles. The Kier molecular flexibility index (Phi) is 4.48. The minimum absolute atomic E-state index is 0.341. The molecule has 106 valence electrons. The Morgan fingerprint density at radius 2 is 2.26 bits per heavy atom. The predicted octanol–water partition coefficient (Wildman–Crippen LogP) is 2.90. The molecule has 1 aliphatic rings. The van der Waals surface area contributed by atoms with E-state index in [1.165, 1.54) is 19.3 Å². The summed E-state index contributed by atoms with van der Waals surface area (Å²) in [5.74, 6) is 0.790. The van der Waals surface area contributed by atoms with Crippen molar-refractivity contribution in [3.8, 4) is 5.75 Å². The maximum absolute atomic E-state index is 10.3. The first-order valence-electron chi connectivity index (χ1n) is 7.08. The fourth-order valence-corrected chi connectivity index (χ4v) is 2.93. The summed E-state index contributed by atoms with van der Waals surface area (Å²) in [4.78, 5) is 0. The van der Waals surface area contributed by atoms with Gasteiger partial charge in [-0.2, -0.15) is 0 Å². The van der Waals surface area contributed by atoms with Crippen molar-refractivity contribution in [2.45, 2.75) is 45.3 Å². The summed E-state index contributed by atoms with van der Waals surface area (Å²) >= 11 is 0. The molecule has 3 nitrogen and oxygen atoms in total. The van der Waals surface area contributed by atoms with Crippen LogP contribution in [-0.4, -0.2) is 24.8 Å². The fraction of sp³-hybridized carbons (Fsp3) is 0.625. The molecule has 1 aromatic rings. The van der Waals surface area contributed by atoms with E-state index in [-0.39, 0.29) is 0 Å². The summed E-state index contributed by atoms with van der Waals surface area (Å²) in [6.45, 7) is 5.20. The molecule has 3 heteroatoms. The number of hydrogen-bond donors (Lipinski definition) is 2. The molecule has 0 bridgehead atoms. The number of hydrogen-bond acceptors (Lipinski definition) is 3. The first-order chi connectivity index (χ1) is 9.03. The van der Waals surface area contributed by atoms with Crippen LogP contribution in [0.25, 0.3) is 0 Å². The van der Waals surface area contributed by atoms with Gasteiger partial charge in [0.15, 0.2) is 0 Å². The van der Waals surface area contributed by atoms with Gasteiger partial charge in [0.05, 0.1) is 13.2 Å². The van der Waals surface area contributed by atoms with Crippen molar-refractivity contribution in [2.24, 2.45) is 5.41 Å². The van der Waals surface area contributed by atoms with E-state index in [1.807, 2.05) is 24.3 Å². The largest absolute Gasteiger partial charge is 0.497 e. The molecule has 1 fully saturated rings. The van der Waals surface area contributed by atoms with Crippen molar-refractivity contribution in [1.29, 1.82) is 0 Å². The fourth-order valence-electron chi connectivity index (χ4n) is 2.93. The zero-order valence-corrected chi connectivity index (χ0v) is 12.1. The quantitative estimate of drug-likeness (QED) is 0.858. The average molecular weight is 263 g/mol. The SMILES string of the molecule is COc1cccc(C(O)CNC2CCCC2(C)C)c1. The maximum Gasteiger partial charge on any atom is 0.119 e. The van der Waals surface area contributed by atoms with Crippen LogP contribution in [0.3, 0.4) is 0 Å². The van der Waals surface area contributed by atoms with Crippen LogP contribution in [0.5, 0.6) is 5.75 Å². The number of nitrogens with one attached hydrogen (secondary N) is 1. The van der Waals surface area contributed by atoms with Gasteiger partial charge in [-0.1, -0.05) is 32.4 Å². The Hall–Kier alpha value is -1.06. The molecule has 0 aliphatic heterocycles. The number of methoxy groups -OCH3 is 1. The van der Waals surface area contributed by atoms with Crippen LogP contribution in [0.15, 0.2) is 24.3 Å². The van der Waals surface area contributed by atoms with E-state index in [1.54, 1.807) is 7.11 Å². The van der Waals surface area contributed by atoms with E-state index >= 15 is 0 Å². The molecular weight excluding hydrogens is 238 g/mol. The summed E-state index contributed by atoms with van der Waals surface area (Å²) < 4.78 is 5.18. The normalized spacial score (nSPS) is 23.3. The van der Waals surface area contributed by atoms with Gasteiger partial charge >= 0.3 is 0 Å². The van der Waals surface area contributed by atoms with Crippen molar-refractivity contribution < 1.29 is 9.84 Å². The molecule has 0 amide bonds. The molecule has 19 heavy (non-hydrogen) atoms. The molecule has 0 heterocycles. The van der Waals surface area contributed by atoms with E-state index in [2.05, 4.69) is 19.2 Å². The van der Waals surface area contributed by atoms with Crippen molar-refractivity contribution in [1.82, 2.24) is 5.32 Å². The highest BCUT2D eigenvalue weighted by Gasteiger charge is 2.34. The molecule has 2 N–H and O–H groups in total. The highest BCUT2D eigenvalue weighted by molar-refractivity contribution is 5.29. The number of aliphatic hydroxyl groups excluding tert-OH is 1. The molecule has 0 saturated heterocycles. The molecule has 2 atom stereocenters. The number of benzene rings is 1. The molecule has 0 spiro atoms. The van der Waals surface area contributed by atoms with Crippen molar-refractivity contribution >= 4 is 0 Å². The molecular formula is C16H25NO2. The summed E-state index contributed by atoms with van der Waals surface area (Å²) in [5.41, 5.74) is 1.25. The van der Waals surface area contributed by atoms with E-state index in [0.29, 0.717) is 18.0 Å². The minimum Gasteiger partial charge on any atom is -0.497 e. The van der Waals surface area contributed by atoms with Crippen molar-refractivity contribution in [2.75, 3.05) is 13.7 Å². The van der Waals surface area contributed by atoms with Crippen LogP contribution in [0.2, 0.25) is 0 Å². The number of rotatable bonds is 5. The summed E-state index contributed by atoms with van der Waals surface area (Å²) in [6.07, 6.45) is 3.27. The summed E-state index contributed by atoms with van der Waals surface area (Å²) in [6, 6.07) is 8.15. The van der Waals surface area contributed by atoms with Gasteiger partial charge in [-0.3, -0.25) is 0 Å². The van der Waals surface area contributed by atoms with Gasteiger partial charge in [-0.25, -0.2) is 0 Å². The Balaban J connectivity index is 1.92. The molecule has 2 rings (SSSR count). The van der Waals surface area contributed by atoms with Crippen LogP contribution in [0, 0.1) is 5.41 Å². The van der Waals surface area contributed by atoms with Gasteiger partial charge in [0.1, 0.15) is 5.75 Å². The van der Waals surface area contributed by atoms with Gasteiger partial charge in [-0.05, 0) is 36.0 Å². The highest BCUT2D eigenvalue weighted by Crippen LogP contribution is 2.37. The van der Waals surface area contributed by atoms with Gasteiger partial charge in [0, 0.05) is 12.6 Å². The Bertz CT molecular complexity index is 417. The Morgan fingerprint density at radius 3 is 2.89 bits per heavy atom. The zero-order chi connectivity index (χ0) is 13.9. The third-order valence-electron chi connectivity index (χ3n) is 4.29. The smallest absolute Gasteiger partial charge is 0.119 e. The summed E-state index contributed by atoms with van der Waals surface area (Å²) in [5, 5.41) is 13.8. The van der Waals surface area contributed by atoms with E-state index < -0.39 is 6.10 Å². The molecule has 0 aromatic heterocycles. The lowest BCUT2D eigenvalue weighted by Gasteiger charge is -2.29. The molecule has 1 aromatic carbocycles. The second-order valence-electron chi connectivity index (χ2n) is 6.13.